The van der Waals surface area contributed by atoms with Crippen LogP contribution in [0.1, 0.15) is 47.0 Å². The van der Waals surface area contributed by atoms with Gasteiger partial charge < -0.3 is 24.8 Å². The van der Waals surface area contributed by atoms with Crippen LogP contribution in [0.4, 0.5) is 0 Å². The van der Waals surface area contributed by atoms with E-state index in [4.69, 9.17) is 9.47 Å². The first-order valence-corrected chi connectivity index (χ1v) is 11.1. The van der Waals surface area contributed by atoms with E-state index in [1.165, 1.54) is 5.57 Å². The van der Waals surface area contributed by atoms with Crippen LogP contribution >= 0.6 is 0 Å². The summed E-state index contributed by atoms with van der Waals surface area (Å²) in [7, 11) is 0. The van der Waals surface area contributed by atoms with Crippen LogP contribution in [0, 0.1) is 34.5 Å². The molecule has 3 N–H and O–H groups in total. The van der Waals surface area contributed by atoms with Gasteiger partial charge in [0, 0.05) is 23.0 Å². The highest BCUT2D eigenvalue weighted by molar-refractivity contribution is 5.65. The summed E-state index contributed by atoms with van der Waals surface area (Å²) in [5.41, 5.74) is 2.76. The van der Waals surface area contributed by atoms with Crippen LogP contribution in [-0.4, -0.2) is 52.6 Å². The maximum absolute atomic E-state index is 10.4. The molecule has 1 aliphatic heterocycles. The molecule has 1 heterocycles. The van der Waals surface area contributed by atoms with Crippen molar-refractivity contribution in [3.63, 3.8) is 0 Å². The lowest BCUT2D eigenvalue weighted by Gasteiger charge is -2.83. The number of fused-ring (bicyclic) bond motifs is 1. The molecule has 5 nitrogen and oxygen atoms in total. The molecule has 6 atom stereocenters. The van der Waals surface area contributed by atoms with E-state index >= 15 is 0 Å². The molecule has 5 aliphatic rings. The van der Waals surface area contributed by atoms with Crippen molar-refractivity contribution in [1.29, 1.82) is 0 Å². The summed E-state index contributed by atoms with van der Waals surface area (Å²) in [6, 6.07) is 0. The summed E-state index contributed by atoms with van der Waals surface area (Å²) in [6.45, 7) is 8.06. The van der Waals surface area contributed by atoms with Gasteiger partial charge in [-0.15, -0.1) is 0 Å². The molecule has 162 valence electrons. The Bertz CT molecular complexity index is 946. The highest BCUT2D eigenvalue weighted by Crippen LogP contribution is 2.87. The monoisotopic (exact) mass is 412 g/mol. The van der Waals surface area contributed by atoms with Gasteiger partial charge in [-0.1, -0.05) is 25.2 Å². The smallest absolute Gasteiger partial charge is 0.164 e. The fourth-order valence-corrected chi connectivity index (χ4v) is 7.93. The highest BCUT2D eigenvalue weighted by Gasteiger charge is 2.90. The second kappa shape index (κ2) is 6.31. The Morgan fingerprint density at radius 2 is 2.03 bits per heavy atom. The Balaban J connectivity index is 1.73. The predicted molar refractivity (Wildman–Crippen MR) is 112 cm³/mol. The van der Waals surface area contributed by atoms with Crippen LogP contribution in [0.25, 0.3) is 0 Å². The standard InChI is InChI=1S/C25H32O5/c1-15(9-11-26)7-8-17-12-16(13-27)20-21-24(30-22(2,3)29-21)10-5-6-18-19(14-28)23(17,4)25(18,20)24/h9,12,18-19,21,26-28H,5-6,10-11,13-14H2,1-4H3/b15-9+/t18-,19-,21+,23-,24+,25+/m1/s1. The molecular weight excluding hydrogens is 380 g/mol. The Hall–Kier alpha value is -1.42. The van der Waals surface area contributed by atoms with Crippen LogP contribution < -0.4 is 0 Å². The van der Waals surface area contributed by atoms with Crippen LogP contribution in [0.5, 0.6) is 0 Å². The summed E-state index contributed by atoms with van der Waals surface area (Å²) < 4.78 is 13.1. The number of aliphatic hydroxyl groups is 3. The average Bonchev–Trinajstić information content (AvgIpc) is 2.89. The first-order valence-electron chi connectivity index (χ1n) is 11.1. The minimum Gasteiger partial charge on any atom is -0.396 e. The van der Waals surface area contributed by atoms with E-state index < -0.39 is 11.4 Å². The normalized spacial score (nSPS) is 45.2. The van der Waals surface area contributed by atoms with Crippen molar-refractivity contribution in [1.82, 2.24) is 0 Å². The Morgan fingerprint density at radius 3 is 2.70 bits per heavy atom. The summed E-state index contributed by atoms with van der Waals surface area (Å²) in [5, 5.41) is 29.9. The summed E-state index contributed by atoms with van der Waals surface area (Å²) in [4.78, 5) is 0. The lowest BCUT2D eigenvalue weighted by atomic mass is 9.21. The molecule has 2 spiro atoms. The van der Waals surface area contributed by atoms with Gasteiger partial charge in [-0.2, -0.15) is 0 Å². The Labute approximate surface area is 178 Å². The van der Waals surface area contributed by atoms with Crippen molar-refractivity contribution in [2.45, 2.75) is 64.4 Å². The molecule has 30 heavy (non-hydrogen) atoms. The molecule has 0 unspecified atom stereocenters. The molecular formula is C25H32O5. The third kappa shape index (κ3) is 2.03. The molecule has 0 amide bonds. The molecule has 0 aromatic rings. The van der Waals surface area contributed by atoms with E-state index in [1.54, 1.807) is 6.08 Å². The van der Waals surface area contributed by atoms with Crippen molar-refractivity contribution in [2.75, 3.05) is 19.8 Å². The summed E-state index contributed by atoms with van der Waals surface area (Å²) >= 11 is 0. The average molecular weight is 413 g/mol. The zero-order valence-electron chi connectivity index (χ0n) is 18.3. The van der Waals surface area contributed by atoms with Crippen molar-refractivity contribution >= 4 is 0 Å². The van der Waals surface area contributed by atoms with Crippen molar-refractivity contribution in [2.24, 2.45) is 22.7 Å². The third-order valence-corrected chi connectivity index (χ3v) is 8.66. The second-order valence-corrected chi connectivity index (χ2v) is 10.2. The first kappa shape index (κ1) is 20.5. The zero-order valence-corrected chi connectivity index (χ0v) is 18.3. The van der Waals surface area contributed by atoms with Gasteiger partial charge in [0.2, 0.25) is 0 Å². The molecule has 0 bridgehead atoms. The fraction of sp³-hybridized carbons (Fsp3) is 0.680. The molecule has 4 fully saturated rings. The van der Waals surface area contributed by atoms with Gasteiger partial charge in [0.05, 0.1) is 13.2 Å². The van der Waals surface area contributed by atoms with E-state index in [0.717, 1.165) is 36.0 Å². The van der Waals surface area contributed by atoms with Gasteiger partial charge in [-0.3, -0.25) is 0 Å². The van der Waals surface area contributed by atoms with Gasteiger partial charge in [0.25, 0.3) is 0 Å². The lowest BCUT2D eigenvalue weighted by Crippen LogP contribution is -2.86. The topological polar surface area (TPSA) is 79.2 Å². The van der Waals surface area contributed by atoms with E-state index in [2.05, 4.69) is 18.8 Å². The Morgan fingerprint density at radius 1 is 1.27 bits per heavy atom. The van der Waals surface area contributed by atoms with Crippen LogP contribution in [0.3, 0.4) is 0 Å². The summed E-state index contributed by atoms with van der Waals surface area (Å²) in [6.07, 6.45) is 6.60. The first-order chi connectivity index (χ1) is 14.2. The van der Waals surface area contributed by atoms with Crippen molar-refractivity contribution < 1.29 is 24.8 Å². The van der Waals surface area contributed by atoms with Gasteiger partial charge >= 0.3 is 0 Å². The van der Waals surface area contributed by atoms with Crippen molar-refractivity contribution in [3.05, 3.63) is 34.4 Å². The van der Waals surface area contributed by atoms with Crippen LogP contribution in [-0.2, 0) is 9.47 Å². The van der Waals surface area contributed by atoms with Gasteiger partial charge in [-0.25, -0.2) is 0 Å². The zero-order chi connectivity index (χ0) is 21.5. The quantitative estimate of drug-likeness (QED) is 0.621. The minimum atomic E-state index is -0.677. The van der Waals surface area contributed by atoms with Gasteiger partial charge in [0.1, 0.15) is 11.7 Å². The molecule has 0 radical (unpaired) electrons. The van der Waals surface area contributed by atoms with Gasteiger partial charge in [-0.05, 0) is 74.3 Å². The maximum atomic E-state index is 10.4. The largest absolute Gasteiger partial charge is 0.396 e. The Kier molecular flexibility index (Phi) is 4.31. The van der Waals surface area contributed by atoms with E-state index in [0.29, 0.717) is 5.92 Å². The van der Waals surface area contributed by atoms with E-state index in [9.17, 15) is 15.3 Å². The van der Waals surface area contributed by atoms with E-state index in [1.807, 2.05) is 26.8 Å². The highest BCUT2D eigenvalue weighted by atomic mass is 16.8. The minimum absolute atomic E-state index is 0.0426. The van der Waals surface area contributed by atoms with E-state index in [-0.39, 0.29) is 42.7 Å². The predicted octanol–water partition coefficient (Wildman–Crippen LogP) is 2.48. The third-order valence-electron chi connectivity index (χ3n) is 8.66. The number of hydrogen-bond acceptors (Lipinski definition) is 5. The number of ether oxygens (including phenoxy) is 2. The van der Waals surface area contributed by atoms with Gasteiger partial charge in [0.15, 0.2) is 5.79 Å². The number of aliphatic hydroxyl groups excluding tert-OH is 3. The van der Waals surface area contributed by atoms with Crippen LogP contribution in [0.15, 0.2) is 34.4 Å². The number of allylic oxidation sites excluding steroid dienone is 2. The number of rotatable bonds is 3. The second-order valence-electron chi connectivity index (χ2n) is 10.2. The fourth-order valence-electron chi connectivity index (χ4n) is 7.93. The molecule has 1 saturated heterocycles. The molecule has 0 aromatic heterocycles. The lowest BCUT2D eigenvalue weighted by molar-refractivity contribution is -0.332. The molecule has 0 aromatic carbocycles. The SMILES string of the molecule is C/C(C#CC1=CC(CO)=C2[C@@H]3OC(C)(C)O[C@@]34CCC[C@@H]3[C@@H](CO)[C@]1(C)[C@@]234)=C\CO. The molecule has 3 saturated carbocycles. The molecule has 4 aliphatic carbocycles. The molecule has 5 rings (SSSR count). The molecule has 5 heteroatoms. The summed E-state index contributed by atoms with van der Waals surface area (Å²) in [5.74, 6) is 6.24. The number of hydrogen-bond donors (Lipinski definition) is 3. The van der Waals surface area contributed by atoms with Crippen LogP contribution in [0.2, 0.25) is 0 Å². The van der Waals surface area contributed by atoms with Crippen molar-refractivity contribution in [3.8, 4) is 11.8 Å². The maximum Gasteiger partial charge on any atom is 0.164 e.